The number of ether oxygens (including phenoxy) is 2. The summed E-state index contributed by atoms with van der Waals surface area (Å²) < 4.78 is 11.3. The fourth-order valence-corrected chi connectivity index (χ4v) is 5.09. The maximum atomic E-state index is 5.66. The van der Waals surface area contributed by atoms with Gasteiger partial charge in [0.05, 0.1) is 6.61 Å². The standard InChI is InChI=1S/C21H33N3O2S.HI/c1-3-26-18-8-6-17(7-9-18)21(10-12-25-13-11-21)16-24-20(22-2)23-15-19-5-4-14-27-19;/h6-9,19H,3-5,10-16H2,1-2H3,(H2,22,23,24);1H. The van der Waals surface area contributed by atoms with E-state index in [1.165, 1.54) is 24.2 Å². The highest BCUT2D eigenvalue weighted by molar-refractivity contribution is 14.0. The number of benzene rings is 1. The van der Waals surface area contributed by atoms with Crippen molar-refractivity contribution in [1.29, 1.82) is 0 Å². The predicted octanol–water partition coefficient (Wildman–Crippen LogP) is 3.81. The van der Waals surface area contributed by atoms with E-state index in [1.54, 1.807) is 0 Å². The van der Waals surface area contributed by atoms with Crippen LogP contribution in [0.4, 0.5) is 0 Å². The number of guanidine groups is 1. The van der Waals surface area contributed by atoms with Crippen molar-refractivity contribution in [1.82, 2.24) is 10.6 Å². The summed E-state index contributed by atoms with van der Waals surface area (Å²) in [6.45, 7) is 6.17. The molecule has 2 saturated heterocycles. The number of thioether (sulfide) groups is 1. The number of hydrogen-bond donors (Lipinski definition) is 2. The fraction of sp³-hybridized carbons (Fsp3) is 0.667. The number of aliphatic imine (C=N–C) groups is 1. The summed E-state index contributed by atoms with van der Waals surface area (Å²) in [6.07, 6.45) is 4.68. The summed E-state index contributed by atoms with van der Waals surface area (Å²) in [5, 5.41) is 7.81. The van der Waals surface area contributed by atoms with Crippen LogP contribution >= 0.6 is 35.7 Å². The zero-order chi connectivity index (χ0) is 19.0. The van der Waals surface area contributed by atoms with Gasteiger partial charge in [-0.05, 0) is 56.1 Å². The number of nitrogens with zero attached hydrogens (tertiary/aromatic N) is 1. The molecule has 2 fully saturated rings. The van der Waals surface area contributed by atoms with Gasteiger partial charge >= 0.3 is 0 Å². The van der Waals surface area contributed by atoms with Crippen molar-refractivity contribution in [2.75, 3.05) is 45.7 Å². The summed E-state index contributed by atoms with van der Waals surface area (Å²) in [7, 11) is 1.85. The lowest BCUT2D eigenvalue weighted by molar-refractivity contribution is 0.0513. The van der Waals surface area contributed by atoms with Gasteiger partial charge in [0.2, 0.25) is 0 Å². The summed E-state index contributed by atoms with van der Waals surface area (Å²) in [5.74, 6) is 3.13. The Hall–Kier alpha value is -0.670. The Bertz CT molecular complexity index is 600. The van der Waals surface area contributed by atoms with Crippen LogP contribution in [0.1, 0.15) is 38.2 Å². The lowest BCUT2D eigenvalue weighted by Gasteiger charge is -2.38. The lowest BCUT2D eigenvalue weighted by atomic mass is 9.74. The largest absolute Gasteiger partial charge is 0.494 e. The van der Waals surface area contributed by atoms with E-state index in [2.05, 4.69) is 51.7 Å². The molecule has 2 heterocycles. The van der Waals surface area contributed by atoms with Crippen molar-refractivity contribution in [3.63, 3.8) is 0 Å². The normalized spacial score (nSPS) is 21.6. The van der Waals surface area contributed by atoms with Crippen molar-refractivity contribution in [3.05, 3.63) is 29.8 Å². The SMILES string of the molecule is CCOc1ccc(C2(CNC(=NC)NCC3CCCS3)CCOCC2)cc1.I. The number of rotatable bonds is 7. The second-order valence-electron chi connectivity index (χ2n) is 7.29. The second-order valence-corrected chi connectivity index (χ2v) is 8.70. The zero-order valence-electron chi connectivity index (χ0n) is 17.0. The summed E-state index contributed by atoms with van der Waals surface area (Å²) >= 11 is 2.07. The van der Waals surface area contributed by atoms with E-state index in [0.29, 0.717) is 11.9 Å². The molecule has 0 spiro atoms. The van der Waals surface area contributed by atoms with Crippen molar-refractivity contribution in [2.45, 2.75) is 43.3 Å². The van der Waals surface area contributed by atoms with Crippen LogP contribution in [-0.2, 0) is 10.2 Å². The molecule has 1 aromatic carbocycles. The third-order valence-electron chi connectivity index (χ3n) is 5.57. The molecule has 0 amide bonds. The van der Waals surface area contributed by atoms with Gasteiger partial charge in [0.25, 0.3) is 0 Å². The first-order chi connectivity index (χ1) is 13.3. The summed E-state index contributed by atoms with van der Waals surface area (Å²) in [6, 6.07) is 8.59. The van der Waals surface area contributed by atoms with Gasteiger partial charge < -0.3 is 20.1 Å². The van der Waals surface area contributed by atoms with Crippen LogP contribution in [0.15, 0.2) is 29.3 Å². The third-order valence-corrected chi connectivity index (χ3v) is 6.96. The van der Waals surface area contributed by atoms with E-state index in [9.17, 15) is 0 Å². The minimum atomic E-state index is 0. The van der Waals surface area contributed by atoms with Crippen molar-refractivity contribution >= 4 is 41.7 Å². The second kappa shape index (κ2) is 12.1. The number of hydrogen-bond acceptors (Lipinski definition) is 4. The van der Waals surface area contributed by atoms with Gasteiger partial charge in [-0.25, -0.2) is 0 Å². The van der Waals surface area contributed by atoms with Gasteiger partial charge in [-0.2, -0.15) is 11.8 Å². The lowest BCUT2D eigenvalue weighted by Crippen LogP contribution is -2.48. The average molecular weight is 519 g/mol. The Kier molecular flexibility index (Phi) is 10.2. The Labute approximate surface area is 190 Å². The fourth-order valence-electron chi connectivity index (χ4n) is 3.89. The van der Waals surface area contributed by atoms with Crippen molar-refractivity contribution in [2.24, 2.45) is 4.99 Å². The van der Waals surface area contributed by atoms with E-state index in [-0.39, 0.29) is 29.4 Å². The minimum Gasteiger partial charge on any atom is -0.494 e. The Morgan fingerprint density at radius 1 is 1.25 bits per heavy atom. The Morgan fingerprint density at radius 2 is 2.00 bits per heavy atom. The van der Waals surface area contributed by atoms with Gasteiger partial charge in [0.1, 0.15) is 5.75 Å². The molecule has 2 aliphatic heterocycles. The van der Waals surface area contributed by atoms with Crippen LogP contribution in [0, 0.1) is 0 Å². The maximum absolute atomic E-state index is 5.66. The highest BCUT2D eigenvalue weighted by Crippen LogP contribution is 2.35. The molecule has 5 nitrogen and oxygen atoms in total. The van der Waals surface area contributed by atoms with Crippen LogP contribution in [0.2, 0.25) is 0 Å². The molecule has 0 bridgehead atoms. The first-order valence-corrected chi connectivity index (χ1v) is 11.2. The predicted molar refractivity (Wildman–Crippen MR) is 130 cm³/mol. The average Bonchev–Trinajstić information content (AvgIpc) is 3.23. The first kappa shape index (κ1) is 23.6. The molecule has 0 aromatic heterocycles. The molecule has 28 heavy (non-hydrogen) atoms. The topological polar surface area (TPSA) is 54.9 Å². The molecule has 1 atom stereocenters. The molecule has 1 aromatic rings. The summed E-state index contributed by atoms with van der Waals surface area (Å²) in [4.78, 5) is 4.43. The van der Waals surface area contributed by atoms with E-state index < -0.39 is 0 Å². The van der Waals surface area contributed by atoms with E-state index in [4.69, 9.17) is 9.47 Å². The maximum Gasteiger partial charge on any atom is 0.191 e. The Morgan fingerprint density at radius 3 is 2.61 bits per heavy atom. The monoisotopic (exact) mass is 519 g/mol. The number of halogens is 1. The van der Waals surface area contributed by atoms with E-state index in [1.807, 2.05) is 14.0 Å². The highest BCUT2D eigenvalue weighted by atomic mass is 127. The van der Waals surface area contributed by atoms with Crippen LogP contribution in [-0.4, -0.2) is 56.9 Å². The molecule has 0 radical (unpaired) electrons. The third kappa shape index (κ3) is 6.42. The quantitative estimate of drug-likeness (QED) is 0.326. The van der Waals surface area contributed by atoms with Gasteiger partial charge in [0.15, 0.2) is 5.96 Å². The first-order valence-electron chi connectivity index (χ1n) is 10.1. The van der Waals surface area contributed by atoms with Crippen molar-refractivity contribution in [3.8, 4) is 5.75 Å². The molecule has 1 unspecified atom stereocenters. The Balaban J connectivity index is 0.00000280. The molecule has 0 aliphatic carbocycles. The summed E-state index contributed by atoms with van der Waals surface area (Å²) in [5.41, 5.74) is 1.42. The smallest absolute Gasteiger partial charge is 0.191 e. The van der Waals surface area contributed by atoms with Crippen LogP contribution in [0.3, 0.4) is 0 Å². The molecule has 2 N–H and O–H groups in total. The van der Waals surface area contributed by atoms with Gasteiger partial charge in [-0.15, -0.1) is 24.0 Å². The number of nitrogens with one attached hydrogen (secondary N) is 2. The molecular formula is C21H34IN3O2S. The van der Waals surface area contributed by atoms with Gasteiger partial charge in [0, 0.05) is 44.0 Å². The molecule has 158 valence electrons. The molecule has 7 heteroatoms. The van der Waals surface area contributed by atoms with Crippen LogP contribution in [0.25, 0.3) is 0 Å². The van der Waals surface area contributed by atoms with Crippen molar-refractivity contribution < 1.29 is 9.47 Å². The van der Waals surface area contributed by atoms with E-state index >= 15 is 0 Å². The van der Waals surface area contributed by atoms with Gasteiger partial charge in [-0.3, -0.25) is 4.99 Å². The molecule has 3 rings (SSSR count). The van der Waals surface area contributed by atoms with Gasteiger partial charge in [-0.1, -0.05) is 12.1 Å². The molecule has 0 saturated carbocycles. The van der Waals surface area contributed by atoms with E-state index in [0.717, 1.165) is 50.9 Å². The molecular weight excluding hydrogens is 485 g/mol. The minimum absolute atomic E-state index is 0. The van der Waals surface area contributed by atoms with Crippen LogP contribution < -0.4 is 15.4 Å². The zero-order valence-corrected chi connectivity index (χ0v) is 20.2. The highest BCUT2D eigenvalue weighted by Gasteiger charge is 2.34. The molecule has 2 aliphatic rings. The van der Waals surface area contributed by atoms with Crippen LogP contribution in [0.5, 0.6) is 5.75 Å².